The van der Waals surface area contributed by atoms with Crippen LogP contribution < -0.4 is 10.9 Å². The number of carbonyl (C=O) groups excluding carboxylic acids is 1. The SMILES string of the molecule is CC1CCN(C(CNC(=O)c2ccc(=O)n(-c3ccccc3)c2)c2ccco2)CC1. The standard InChI is InChI=1S/C24H27N3O3/c1-18-11-13-26(14-12-18)21(22-8-5-15-30-22)16-25-24(29)19-9-10-23(28)27(17-19)20-6-3-2-4-7-20/h2-10,15,17-18,21H,11-14,16H2,1H3,(H,25,29). The summed E-state index contributed by atoms with van der Waals surface area (Å²) in [5.41, 5.74) is 1.01. The van der Waals surface area contributed by atoms with Gasteiger partial charge in [0.2, 0.25) is 0 Å². The van der Waals surface area contributed by atoms with Crippen molar-refractivity contribution in [2.45, 2.75) is 25.8 Å². The largest absolute Gasteiger partial charge is 0.468 e. The number of pyridine rings is 1. The maximum Gasteiger partial charge on any atom is 0.255 e. The number of nitrogens with zero attached hydrogens (tertiary/aromatic N) is 2. The van der Waals surface area contributed by atoms with Crippen molar-refractivity contribution in [2.24, 2.45) is 5.92 Å². The van der Waals surface area contributed by atoms with Crippen molar-refractivity contribution < 1.29 is 9.21 Å². The number of piperidine rings is 1. The molecule has 3 aromatic rings. The highest BCUT2D eigenvalue weighted by molar-refractivity contribution is 5.93. The van der Waals surface area contributed by atoms with Gasteiger partial charge in [-0.3, -0.25) is 19.1 Å². The van der Waals surface area contributed by atoms with Gasteiger partial charge >= 0.3 is 0 Å². The number of rotatable bonds is 6. The van der Waals surface area contributed by atoms with Crippen LogP contribution in [0.2, 0.25) is 0 Å². The van der Waals surface area contributed by atoms with Crippen molar-refractivity contribution in [3.63, 3.8) is 0 Å². The molecule has 1 aromatic carbocycles. The summed E-state index contributed by atoms with van der Waals surface area (Å²) in [5, 5.41) is 3.04. The molecule has 0 saturated carbocycles. The fraction of sp³-hybridized carbons (Fsp3) is 0.333. The quantitative estimate of drug-likeness (QED) is 0.680. The summed E-state index contributed by atoms with van der Waals surface area (Å²) in [4.78, 5) is 27.5. The van der Waals surface area contributed by atoms with Gasteiger partial charge < -0.3 is 9.73 Å². The van der Waals surface area contributed by atoms with E-state index in [0.717, 1.165) is 43.3 Å². The molecule has 0 bridgehead atoms. The lowest BCUT2D eigenvalue weighted by atomic mass is 9.97. The summed E-state index contributed by atoms with van der Waals surface area (Å²) >= 11 is 0. The zero-order valence-corrected chi connectivity index (χ0v) is 17.2. The first-order valence-electron chi connectivity index (χ1n) is 10.5. The Kier molecular flexibility index (Phi) is 6.14. The van der Waals surface area contributed by atoms with E-state index in [1.807, 2.05) is 42.5 Å². The molecule has 1 unspecified atom stereocenters. The third-order valence-electron chi connectivity index (χ3n) is 5.79. The first-order valence-corrected chi connectivity index (χ1v) is 10.5. The predicted octanol–water partition coefficient (Wildman–Crippen LogP) is 3.63. The van der Waals surface area contributed by atoms with Crippen molar-refractivity contribution in [3.8, 4) is 5.69 Å². The zero-order chi connectivity index (χ0) is 20.9. The van der Waals surface area contributed by atoms with Gasteiger partial charge in [0.15, 0.2) is 0 Å². The van der Waals surface area contributed by atoms with Crippen molar-refractivity contribution in [1.82, 2.24) is 14.8 Å². The summed E-state index contributed by atoms with van der Waals surface area (Å²) < 4.78 is 7.16. The summed E-state index contributed by atoms with van der Waals surface area (Å²) in [6.07, 6.45) is 5.56. The van der Waals surface area contributed by atoms with Gasteiger partial charge in [0.25, 0.3) is 11.5 Å². The van der Waals surface area contributed by atoms with Crippen LogP contribution in [0, 0.1) is 5.92 Å². The lowest BCUT2D eigenvalue weighted by Crippen LogP contribution is -2.42. The molecule has 1 amide bonds. The monoisotopic (exact) mass is 405 g/mol. The molecule has 30 heavy (non-hydrogen) atoms. The van der Waals surface area contributed by atoms with Gasteiger partial charge in [-0.05, 0) is 62.2 Å². The number of hydrogen-bond acceptors (Lipinski definition) is 4. The molecule has 3 heterocycles. The number of furan rings is 1. The Labute approximate surface area is 176 Å². The number of amides is 1. The number of likely N-dealkylation sites (tertiary alicyclic amines) is 1. The van der Waals surface area contributed by atoms with Gasteiger partial charge in [0.05, 0.1) is 17.9 Å². The highest BCUT2D eigenvalue weighted by Gasteiger charge is 2.27. The number of carbonyl (C=O) groups is 1. The number of hydrogen-bond donors (Lipinski definition) is 1. The van der Waals surface area contributed by atoms with Crippen LogP contribution in [0.25, 0.3) is 5.69 Å². The Bertz CT molecular complexity index is 1020. The van der Waals surface area contributed by atoms with Gasteiger partial charge in [-0.15, -0.1) is 0 Å². The van der Waals surface area contributed by atoms with Crippen LogP contribution in [-0.4, -0.2) is 35.0 Å². The van der Waals surface area contributed by atoms with E-state index in [0.29, 0.717) is 12.1 Å². The van der Waals surface area contributed by atoms with Gasteiger partial charge in [0.1, 0.15) is 5.76 Å². The second-order valence-electron chi connectivity index (χ2n) is 7.92. The van der Waals surface area contributed by atoms with E-state index < -0.39 is 0 Å². The summed E-state index contributed by atoms with van der Waals surface area (Å²) in [7, 11) is 0. The van der Waals surface area contributed by atoms with E-state index >= 15 is 0 Å². The second kappa shape index (κ2) is 9.13. The lowest BCUT2D eigenvalue weighted by Gasteiger charge is -2.35. The van der Waals surface area contributed by atoms with Crippen LogP contribution in [0.1, 0.15) is 41.9 Å². The zero-order valence-electron chi connectivity index (χ0n) is 17.2. The van der Waals surface area contributed by atoms with Crippen LogP contribution in [0.3, 0.4) is 0 Å². The molecule has 1 aliphatic rings. The normalized spacial score (nSPS) is 16.3. The molecule has 2 aromatic heterocycles. The number of benzene rings is 1. The smallest absolute Gasteiger partial charge is 0.255 e. The van der Waals surface area contributed by atoms with E-state index in [9.17, 15) is 9.59 Å². The molecule has 0 spiro atoms. The van der Waals surface area contributed by atoms with Crippen molar-refractivity contribution in [1.29, 1.82) is 0 Å². The highest BCUT2D eigenvalue weighted by Crippen LogP contribution is 2.26. The van der Waals surface area contributed by atoms with E-state index in [-0.39, 0.29) is 17.5 Å². The minimum Gasteiger partial charge on any atom is -0.468 e. The topological polar surface area (TPSA) is 67.5 Å². The van der Waals surface area contributed by atoms with Crippen molar-refractivity contribution >= 4 is 5.91 Å². The third kappa shape index (κ3) is 4.54. The van der Waals surface area contributed by atoms with Crippen LogP contribution in [-0.2, 0) is 0 Å². The van der Waals surface area contributed by atoms with E-state index in [2.05, 4.69) is 17.1 Å². The highest BCUT2D eigenvalue weighted by atomic mass is 16.3. The number of nitrogens with one attached hydrogen (secondary N) is 1. The molecule has 156 valence electrons. The van der Waals surface area contributed by atoms with Crippen LogP contribution >= 0.6 is 0 Å². The molecular weight excluding hydrogens is 378 g/mol. The van der Waals surface area contributed by atoms with Crippen LogP contribution in [0.4, 0.5) is 0 Å². The Balaban J connectivity index is 1.49. The van der Waals surface area contributed by atoms with E-state index in [1.165, 1.54) is 10.6 Å². The molecule has 6 heteroatoms. The Morgan fingerprint density at radius 1 is 1.10 bits per heavy atom. The fourth-order valence-corrected chi connectivity index (χ4v) is 3.93. The minimum atomic E-state index is -0.207. The van der Waals surface area contributed by atoms with E-state index in [1.54, 1.807) is 18.5 Å². The molecule has 1 N–H and O–H groups in total. The Morgan fingerprint density at radius 3 is 2.57 bits per heavy atom. The average molecular weight is 405 g/mol. The maximum atomic E-state index is 12.9. The molecule has 0 radical (unpaired) electrons. The summed E-state index contributed by atoms with van der Waals surface area (Å²) in [6.45, 7) is 4.70. The van der Waals surface area contributed by atoms with E-state index in [4.69, 9.17) is 4.42 Å². The second-order valence-corrected chi connectivity index (χ2v) is 7.92. The molecule has 1 fully saturated rings. The fourth-order valence-electron chi connectivity index (χ4n) is 3.93. The summed E-state index contributed by atoms with van der Waals surface area (Å²) in [5.74, 6) is 1.38. The first-order chi connectivity index (χ1) is 14.6. The van der Waals surface area contributed by atoms with Crippen molar-refractivity contribution in [2.75, 3.05) is 19.6 Å². The molecule has 1 aliphatic heterocycles. The van der Waals surface area contributed by atoms with Gasteiger partial charge in [-0.2, -0.15) is 0 Å². The average Bonchev–Trinajstić information content (AvgIpc) is 3.30. The van der Waals surface area contributed by atoms with Gasteiger partial charge in [0, 0.05) is 24.5 Å². The molecular formula is C24H27N3O3. The molecule has 1 saturated heterocycles. The number of aromatic nitrogens is 1. The minimum absolute atomic E-state index is 0.00326. The van der Waals surface area contributed by atoms with Crippen LogP contribution in [0.5, 0.6) is 0 Å². The van der Waals surface area contributed by atoms with Gasteiger partial charge in [-0.1, -0.05) is 25.1 Å². The van der Waals surface area contributed by atoms with Crippen molar-refractivity contribution in [3.05, 3.63) is 88.7 Å². The Hall–Kier alpha value is -3.12. The Morgan fingerprint density at radius 2 is 1.87 bits per heavy atom. The maximum absolute atomic E-state index is 12.9. The summed E-state index contributed by atoms with van der Waals surface area (Å²) in [6, 6.07) is 16.1. The van der Waals surface area contributed by atoms with Crippen LogP contribution in [0.15, 0.2) is 76.3 Å². The third-order valence-corrected chi connectivity index (χ3v) is 5.79. The van der Waals surface area contributed by atoms with Gasteiger partial charge in [-0.25, -0.2) is 0 Å². The predicted molar refractivity (Wildman–Crippen MR) is 116 cm³/mol. The lowest BCUT2D eigenvalue weighted by molar-refractivity contribution is 0.0895. The molecule has 0 aliphatic carbocycles. The first kappa shape index (κ1) is 20.2. The molecule has 6 nitrogen and oxygen atoms in total. The molecule has 1 atom stereocenters. The number of para-hydroxylation sites is 1. The molecule has 4 rings (SSSR count).